The second-order valence-corrected chi connectivity index (χ2v) is 6.06. The predicted molar refractivity (Wildman–Crippen MR) is 90.1 cm³/mol. The molecule has 2 N–H and O–H groups in total. The van der Waals surface area contributed by atoms with E-state index in [1.54, 1.807) is 18.2 Å². The van der Waals surface area contributed by atoms with Crippen molar-refractivity contribution in [3.05, 3.63) is 71.3 Å². The van der Waals surface area contributed by atoms with E-state index in [0.717, 1.165) is 27.6 Å². The van der Waals surface area contributed by atoms with Crippen molar-refractivity contribution < 1.29 is 14.9 Å². The van der Waals surface area contributed by atoms with Gasteiger partial charge in [-0.1, -0.05) is 24.3 Å². The van der Waals surface area contributed by atoms with Gasteiger partial charge in [0.25, 0.3) is 0 Å². The Bertz CT molecular complexity index is 973. The van der Waals surface area contributed by atoms with Gasteiger partial charge in [0.1, 0.15) is 18.1 Å². The highest BCUT2D eigenvalue weighted by atomic mass is 16.5. The van der Waals surface area contributed by atoms with Gasteiger partial charge >= 0.3 is 0 Å². The van der Waals surface area contributed by atoms with Crippen LogP contribution in [0.25, 0.3) is 10.8 Å². The topological polar surface area (TPSA) is 73.5 Å². The molecular weight excluding hydrogens is 302 g/mol. The van der Waals surface area contributed by atoms with Gasteiger partial charge in [-0.2, -0.15) is 5.26 Å². The van der Waals surface area contributed by atoms with Crippen LogP contribution in [0.15, 0.2) is 54.6 Å². The summed E-state index contributed by atoms with van der Waals surface area (Å²) in [7, 11) is 0. The number of hydrogen-bond acceptors (Lipinski definition) is 4. The molecule has 118 valence electrons. The molecule has 1 aliphatic heterocycles. The molecule has 0 saturated carbocycles. The molecule has 1 aliphatic rings. The molecule has 24 heavy (non-hydrogen) atoms. The van der Waals surface area contributed by atoms with E-state index >= 15 is 0 Å². The Morgan fingerprint density at radius 1 is 1.08 bits per heavy atom. The molecule has 3 aromatic carbocycles. The largest absolute Gasteiger partial charge is 0.508 e. The van der Waals surface area contributed by atoms with Gasteiger partial charge < -0.3 is 14.9 Å². The summed E-state index contributed by atoms with van der Waals surface area (Å²) in [5, 5.41) is 30.8. The van der Waals surface area contributed by atoms with Crippen LogP contribution in [-0.4, -0.2) is 23.4 Å². The van der Waals surface area contributed by atoms with E-state index in [1.807, 2.05) is 36.4 Å². The van der Waals surface area contributed by atoms with E-state index in [1.165, 1.54) is 0 Å². The third kappa shape index (κ3) is 1.96. The second kappa shape index (κ2) is 5.26. The summed E-state index contributed by atoms with van der Waals surface area (Å²) in [6.07, 6.45) is 0. The molecule has 4 heteroatoms. The Morgan fingerprint density at radius 3 is 2.58 bits per heavy atom. The van der Waals surface area contributed by atoms with Crippen molar-refractivity contribution in [1.29, 1.82) is 5.26 Å². The molecule has 0 unspecified atom stereocenters. The molecule has 0 bridgehead atoms. The highest BCUT2D eigenvalue weighted by Crippen LogP contribution is 2.47. The maximum absolute atomic E-state index is 10.3. The lowest BCUT2D eigenvalue weighted by molar-refractivity contribution is 0.185. The van der Waals surface area contributed by atoms with E-state index in [0.29, 0.717) is 12.2 Å². The Kier molecular flexibility index (Phi) is 3.19. The Hall–Kier alpha value is -3.03. The summed E-state index contributed by atoms with van der Waals surface area (Å²) in [4.78, 5) is 0. The first-order valence-corrected chi connectivity index (χ1v) is 7.68. The van der Waals surface area contributed by atoms with E-state index in [2.05, 4.69) is 6.07 Å². The average molecular weight is 317 g/mol. The quantitative estimate of drug-likeness (QED) is 0.762. The highest BCUT2D eigenvalue weighted by molar-refractivity contribution is 5.91. The van der Waals surface area contributed by atoms with E-state index in [-0.39, 0.29) is 12.4 Å². The molecule has 0 spiro atoms. The van der Waals surface area contributed by atoms with Crippen LogP contribution in [0.2, 0.25) is 0 Å². The van der Waals surface area contributed by atoms with Crippen LogP contribution < -0.4 is 4.74 Å². The number of aliphatic hydroxyl groups is 1. The van der Waals surface area contributed by atoms with Crippen molar-refractivity contribution in [2.75, 3.05) is 13.2 Å². The molecule has 1 heterocycles. The summed E-state index contributed by atoms with van der Waals surface area (Å²) >= 11 is 0. The zero-order valence-corrected chi connectivity index (χ0v) is 12.9. The number of hydrogen-bond donors (Lipinski definition) is 2. The van der Waals surface area contributed by atoms with Gasteiger partial charge in [0.2, 0.25) is 0 Å². The van der Waals surface area contributed by atoms with Crippen molar-refractivity contribution in [1.82, 2.24) is 0 Å². The number of benzene rings is 3. The average Bonchev–Trinajstić information content (AvgIpc) is 3.02. The fourth-order valence-corrected chi connectivity index (χ4v) is 3.49. The minimum Gasteiger partial charge on any atom is -0.508 e. The van der Waals surface area contributed by atoms with Gasteiger partial charge in [-0.05, 0) is 46.7 Å². The lowest BCUT2D eigenvalue weighted by atomic mass is 9.75. The first kappa shape index (κ1) is 14.6. The van der Waals surface area contributed by atoms with Crippen LogP contribution in [0.1, 0.15) is 16.7 Å². The summed E-state index contributed by atoms with van der Waals surface area (Å²) in [6.45, 7) is 0.229. The number of nitriles is 1. The number of ether oxygens (including phenoxy) is 1. The summed E-state index contributed by atoms with van der Waals surface area (Å²) in [6, 6.07) is 18.3. The number of rotatable bonds is 2. The molecule has 0 aromatic heterocycles. The molecule has 0 saturated heterocycles. The van der Waals surface area contributed by atoms with Crippen molar-refractivity contribution in [2.24, 2.45) is 0 Å². The summed E-state index contributed by atoms with van der Waals surface area (Å²) in [5.74, 6) is 0.928. The number of nitrogens with zero attached hydrogens (tertiary/aromatic N) is 1. The van der Waals surface area contributed by atoms with E-state index < -0.39 is 5.41 Å². The first-order chi connectivity index (χ1) is 11.7. The van der Waals surface area contributed by atoms with Gasteiger partial charge in [0.15, 0.2) is 0 Å². The number of fused-ring (bicyclic) bond motifs is 3. The van der Waals surface area contributed by atoms with Crippen molar-refractivity contribution in [3.8, 4) is 17.6 Å². The third-order valence-electron chi connectivity index (χ3n) is 4.75. The van der Waals surface area contributed by atoms with Crippen molar-refractivity contribution >= 4 is 10.8 Å². The molecule has 0 fully saturated rings. The smallest absolute Gasteiger partial charge is 0.124 e. The number of aromatic hydroxyl groups is 1. The second-order valence-electron chi connectivity index (χ2n) is 6.06. The predicted octanol–water partition coefficient (Wildman–Crippen LogP) is 3.09. The minimum absolute atomic E-state index is 0.107. The van der Waals surface area contributed by atoms with Crippen LogP contribution in [0, 0.1) is 11.3 Å². The molecule has 0 radical (unpaired) electrons. The molecule has 4 nitrogen and oxygen atoms in total. The van der Waals surface area contributed by atoms with Gasteiger partial charge in [0, 0.05) is 5.56 Å². The van der Waals surface area contributed by atoms with E-state index in [4.69, 9.17) is 10.00 Å². The minimum atomic E-state index is -0.684. The SMILES string of the molecule is N#Cc1ccc2c3c(ccc2c1)OC[C@]3(CO)c1ccc(O)cc1. The van der Waals surface area contributed by atoms with Crippen molar-refractivity contribution in [3.63, 3.8) is 0 Å². The fourth-order valence-electron chi connectivity index (χ4n) is 3.49. The van der Waals surface area contributed by atoms with Gasteiger partial charge in [-0.3, -0.25) is 0 Å². The lowest BCUT2D eigenvalue weighted by Gasteiger charge is -2.27. The zero-order valence-electron chi connectivity index (χ0n) is 12.9. The Balaban J connectivity index is 2.01. The molecule has 4 rings (SSSR count). The highest BCUT2D eigenvalue weighted by Gasteiger charge is 2.43. The van der Waals surface area contributed by atoms with Gasteiger partial charge in [-0.15, -0.1) is 0 Å². The number of aliphatic hydroxyl groups excluding tert-OH is 1. The molecule has 3 aromatic rings. The maximum atomic E-state index is 10.3. The van der Waals surface area contributed by atoms with Crippen LogP contribution in [0.5, 0.6) is 11.5 Å². The fraction of sp³-hybridized carbons (Fsp3) is 0.150. The summed E-state index contributed by atoms with van der Waals surface area (Å²) in [5.41, 5.74) is 1.73. The lowest BCUT2D eigenvalue weighted by Crippen LogP contribution is -2.34. The normalized spacial score (nSPS) is 18.8. The molecule has 1 atom stereocenters. The molecule has 0 amide bonds. The monoisotopic (exact) mass is 317 g/mol. The van der Waals surface area contributed by atoms with Gasteiger partial charge in [-0.25, -0.2) is 0 Å². The number of phenolic OH excluding ortho intramolecular Hbond substituents is 1. The third-order valence-corrected chi connectivity index (χ3v) is 4.75. The standard InChI is InChI=1S/C20H15NO3/c21-10-13-1-7-17-14(9-13)2-8-18-19(17)20(11-22,12-24-18)15-3-5-16(23)6-4-15/h1-9,22-23H,11-12H2/t20-/m1/s1. The Labute approximate surface area is 139 Å². The summed E-state index contributed by atoms with van der Waals surface area (Å²) < 4.78 is 5.87. The van der Waals surface area contributed by atoms with Crippen LogP contribution in [-0.2, 0) is 5.41 Å². The Morgan fingerprint density at radius 2 is 1.88 bits per heavy atom. The zero-order chi connectivity index (χ0) is 16.7. The first-order valence-electron chi connectivity index (χ1n) is 7.68. The van der Waals surface area contributed by atoms with Gasteiger partial charge in [0.05, 0.1) is 23.7 Å². The maximum Gasteiger partial charge on any atom is 0.124 e. The van der Waals surface area contributed by atoms with E-state index in [9.17, 15) is 10.2 Å². The van der Waals surface area contributed by atoms with Crippen LogP contribution in [0.4, 0.5) is 0 Å². The molecular formula is C20H15NO3. The number of phenols is 1. The van der Waals surface area contributed by atoms with Crippen LogP contribution >= 0.6 is 0 Å². The van der Waals surface area contributed by atoms with Crippen molar-refractivity contribution in [2.45, 2.75) is 5.41 Å². The molecule has 0 aliphatic carbocycles. The van der Waals surface area contributed by atoms with Crippen LogP contribution in [0.3, 0.4) is 0 Å².